The molecule has 34 heavy (non-hydrogen) atoms. The molecule has 0 unspecified atom stereocenters. The molecule has 0 aliphatic carbocycles. The Kier molecular flexibility index (Phi) is 6.32. The number of fused-ring (bicyclic) bond motifs is 1. The van der Waals surface area contributed by atoms with Crippen molar-refractivity contribution in [2.45, 2.75) is 25.3 Å². The molecule has 6 nitrogen and oxygen atoms in total. The standard InChI is InChI=1S/C28H30N4O2/c1-33-22-10-6-9-21(15-22)27-24-16-23(26(34-2)17-25(24)28(29)31-30-27)20-11-13-32(14-12-20)18-19-7-4-3-5-8-19/h3-10,15-17,20H,11-14,18H2,1-2H3,(H2,29,31). The summed E-state index contributed by atoms with van der Waals surface area (Å²) in [4.78, 5) is 2.53. The second kappa shape index (κ2) is 9.69. The van der Waals surface area contributed by atoms with Gasteiger partial charge in [0.05, 0.1) is 14.2 Å². The molecule has 1 fully saturated rings. The smallest absolute Gasteiger partial charge is 0.154 e. The molecule has 174 valence electrons. The zero-order valence-corrected chi connectivity index (χ0v) is 19.7. The van der Waals surface area contributed by atoms with Crippen LogP contribution in [0.25, 0.3) is 22.0 Å². The van der Waals surface area contributed by atoms with Gasteiger partial charge < -0.3 is 15.2 Å². The summed E-state index contributed by atoms with van der Waals surface area (Å²) in [5, 5.41) is 10.5. The fraction of sp³-hybridized carbons (Fsp3) is 0.286. The molecule has 0 atom stereocenters. The normalized spacial score (nSPS) is 14.9. The third-order valence-electron chi connectivity index (χ3n) is 6.78. The van der Waals surface area contributed by atoms with E-state index >= 15 is 0 Å². The minimum atomic E-state index is 0.407. The summed E-state index contributed by atoms with van der Waals surface area (Å²) < 4.78 is 11.3. The summed E-state index contributed by atoms with van der Waals surface area (Å²) in [5.41, 5.74) is 10.6. The van der Waals surface area contributed by atoms with Crippen LogP contribution in [0.3, 0.4) is 0 Å². The number of aromatic nitrogens is 2. The van der Waals surface area contributed by atoms with E-state index in [4.69, 9.17) is 15.2 Å². The van der Waals surface area contributed by atoms with Crippen molar-refractivity contribution in [1.29, 1.82) is 0 Å². The fourth-order valence-corrected chi connectivity index (χ4v) is 4.94. The maximum absolute atomic E-state index is 6.24. The van der Waals surface area contributed by atoms with Crippen molar-refractivity contribution in [3.8, 4) is 22.8 Å². The number of anilines is 1. The summed E-state index contributed by atoms with van der Waals surface area (Å²) in [6.45, 7) is 3.11. The topological polar surface area (TPSA) is 73.5 Å². The average molecular weight is 455 g/mol. The Labute approximate surface area is 200 Å². The number of methoxy groups -OCH3 is 2. The molecule has 0 bridgehead atoms. The summed E-state index contributed by atoms with van der Waals surface area (Å²) in [6.07, 6.45) is 2.16. The van der Waals surface area contributed by atoms with E-state index in [1.165, 1.54) is 11.1 Å². The SMILES string of the molecule is COc1cccc(-c2nnc(N)c3cc(OC)c(C4CCN(Cc5ccccc5)CC4)cc23)c1. The highest BCUT2D eigenvalue weighted by Gasteiger charge is 2.25. The largest absolute Gasteiger partial charge is 0.497 e. The number of benzene rings is 3. The number of piperidine rings is 1. The van der Waals surface area contributed by atoms with Crippen molar-refractivity contribution < 1.29 is 9.47 Å². The molecular weight excluding hydrogens is 424 g/mol. The number of rotatable bonds is 6. The minimum absolute atomic E-state index is 0.407. The monoisotopic (exact) mass is 454 g/mol. The van der Waals surface area contributed by atoms with Gasteiger partial charge in [-0.15, -0.1) is 10.2 Å². The lowest BCUT2D eigenvalue weighted by Crippen LogP contribution is -2.32. The second-order valence-electron chi connectivity index (χ2n) is 8.84. The molecule has 2 heterocycles. The number of nitrogens with two attached hydrogens (primary N) is 1. The van der Waals surface area contributed by atoms with Gasteiger partial charge in [-0.25, -0.2) is 0 Å². The third-order valence-corrected chi connectivity index (χ3v) is 6.78. The highest BCUT2D eigenvalue weighted by Crippen LogP contribution is 2.40. The molecule has 1 aromatic heterocycles. The van der Waals surface area contributed by atoms with Gasteiger partial charge in [0.25, 0.3) is 0 Å². The Morgan fingerprint density at radius 1 is 0.882 bits per heavy atom. The molecule has 0 saturated carbocycles. The van der Waals surface area contributed by atoms with E-state index in [9.17, 15) is 0 Å². The van der Waals surface area contributed by atoms with Crippen LogP contribution in [0.2, 0.25) is 0 Å². The summed E-state index contributed by atoms with van der Waals surface area (Å²) >= 11 is 0. The molecule has 3 aromatic carbocycles. The lowest BCUT2D eigenvalue weighted by Gasteiger charge is -2.33. The third kappa shape index (κ3) is 4.41. The molecule has 0 radical (unpaired) electrons. The van der Waals surface area contributed by atoms with Gasteiger partial charge in [-0.3, -0.25) is 4.90 Å². The molecular formula is C28H30N4O2. The number of hydrogen-bond acceptors (Lipinski definition) is 6. The van der Waals surface area contributed by atoms with Gasteiger partial charge in [0.2, 0.25) is 0 Å². The van der Waals surface area contributed by atoms with Crippen molar-refractivity contribution in [3.05, 3.63) is 77.9 Å². The number of ether oxygens (including phenoxy) is 2. The van der Waals surface area contributed by atoms with Crippen LogP contribution in [-0.4, -0.2) is 42.4 Å². The van der Waals surface area contributed by atoms with E-state index in [1.54, 1.807) is 14.2 Å². The predicted octanol–water partition coefficient (Wildman–Crippen LogP) is 5.28. The first-order valence-corrected chi connectivity index (χ1v) is 11.7. The number of likely N-dealkylation sites (tertiary alicyclic amines) is 1. The maximum Gasteiger partial charge on any atom is 0.154 e. The zero-order chi connectivity index (χ0) is 23.5. The number of nitrogen functional groups attached to an aromatic ring is 1. The van der Waals surface area contributed by atoms with Crippen molar-refractivity contribution in [2.24, 2.45) is 0 Å². The van der Waals surface area contributed by atoms with Crippen LogP contribution >= 0.6 is 0 Å². The van der Waals surface area contributed by atoms with Crippen molar-refractivity contribution in [3.63, 3.8) is 0 Å². The lowest BCUT2D eigenvalue weighted by molar-refractivity contribution is 0.203. The molecule has 1 aliphatic rings. The van der Waals surface area contributed by atoms with E-state index in [0.29, 0.717) is 11.7 Å². The highest BCUT2D eigenvalue weighted by molar-refractivity contribution is 6.01. The quantitative estimate of drug-likeness (QED) is 0.428. The maximum atomic E-state index is 6.24. The Bertz CT molecular complexity index is 1280. The predicted molar refractivity (Wildman–Crippen MR) is 136 cm³/mol. The summed E-state index contributed by atoms with van der Waals surface area (Å²) in [6, 6.07) is 22.8. The number of hydrogen-bond donors (Lipinski definition) is 1. The molecule has 4 aromatic rings. The zero-order valence-electron chi connectivity index (χ0n) is 19.7. The van der Waals surface area contributed by atoms with Crippen LogP contribution in [0.15, 0.2) is 66.7 Å². The van der Waals surface area contributed by atoms with Crippen LogP contribution < -0.4 is 15.2 Å². The van der Waals surface area contributed by atoms with E-state index in [0.717, 1.165) is 66.0 Å². The number of nitrogens with zero attached hydrogens (tertiary/aromatic N) is 3. The second-order valence-corrected chi connectivity index (χ2v) is 8.84. The van der Waals surface area contributed by atoms with E-state index in [-0.39, 0.29) is 0 Å². The molecule has 1 saturated heterocycles. The Morgan fingerprint density at radius 3 is 2.41 bits per heavy atom. The highest BCUT2D eigenvalue weighted by atomic mass is 16.5. The molecule has 0 spiro atoms. The van der Waals surface area contributed by atoms with Crippen LogP contribution in [0.5, 0.6) is 11.5 Å². The first kappa shape index (κ1) is 22.2. The van der Waals surface area contributed by atoms with Gasteiger partial charge in [0, 0.05) is 22.9 Å². The van der Waals surface area contributed by atoms with E-state index < -0.39 is 0 Å². The minimum Gasteiger partial charge on any atom is -0.497 e. The van der Waals surface area contributed by atoms with Crippen LogP contribution in [0, 0.1) is 0 Å². The van der Waals surface area contributed by atoms with Crippen molar-refractivity contribution in [2.75, 3.05) is 33.0 Å². The van der Waals surface area contributed by atoms with Gasteiger partial charge in [-0.05, 0) is 67.2 Å². The molecule has 5 rings (SSSR count). The van der Waals surface area contributed by atoms with Gasteiger partial charge >= 0.3 is 0 Å². The fourth-order valence-electron chi connectivity index (χ4n) is 4.94. The molecule has 0 amide bonds. The summed E-state index contributed by atoms with van der Waals surface area (Å²) in [7, 11) is 3.39. The average Bonchev–Trinajstić information content (AvgIpc) is 2.89. The molecule has 2 N–H and O–H groups in total. The van der Waals surface area contributed by atoms with E-state index in [1.807, 2.05) is 30.3 Å². The van der Waals surface area contributed by atoms with E-state index in [2.05, 4.69) is 51.5 Å². The Morgan fingerprint density at radius 2 is 1.68 bits per heavy atom. The van der Waals surface area contributed by atoms with Gasteiger partial charge in [-0.2, -0.15) is 0 Å². The van der Waals surface area contributed by atoms with Gasteiger partial charge in [0.15, 0.2) is 5.82 Å². The Hall–Kier alpha value is -3.64. The first-order valence-electron chi connectivity index (χ1n) is 11.7. The lowest BCUT2D eigenvalue weighted by atomic mass is 9.87. The Balaban J connectivity index is 1.47. The first-order chi connectivity index (χ1) is 16.7. The molecule has 6 heteroatoms. The van der Waals surface area contributed by atoms with Gasteiger partial charge in [0.1, 0.15) is 17.2 Å². The van der Waals surface area contributed by atoms with Crippen molar-refractivity contribution >= 4 is 16.6 Å². The van der Waals surface area contributed by atoms with Gasteiger partial charge in [-0.1, -0.05) is 42.5 Å². The molecule has 1 aliphatic heterocycles. The van der Waals surface area contributed by atoms with Crippen LogP contribution in [-0.2, 0) is 6.54 Å². The van der Waals surface area contributed by atoms with Crippen LogP contribution in [0.1, 0.15) is 29.9 Å². The van der Waals surface area contributed by atoms with Crippen LogP contribution in [0.4, 0.5) is 5.82 Å². The van der Waals surface area contributed by atoms with Crippen molar-refractivity contribution in [1.82, 2.24) is 15.1 Å². The summed E-state index contributed by atoms with van der Waals surface area (Å²) in [5.74, 6) is 2.47.